The monoisotopic (exact) mass is 391 g/mol. The molecule has 148 valence electrons. The van der Waals surface area contributed by atoms with Crippen LogP contribution in [-0.4, -0.2) is 29.0 Å². The summed E-state index contributed by atoms with van der Waals surface area (Å²) in [5.74, 6) is -0.0144. The van der Waals surface area contributed by atoms with Crippen molar-refractivity contribution in [2.75, 3.05) is 17.7 Å². The summed E-state index contributed by atoms with van der Waals surface area (Å²) in [5.41, 5.74) is 3.16. The van der Waals surface area contributed by atoms with E-state index in [9.17, 15) is 14.7 Å². The zero-order valence-corrected chi connectivity index (χ0v) is 16.2. The van der Waals surface area contributed by atoms with Crippen LogP contribution in [-0.2, 0) is 9.59 Å². The lowest BCUT2D eigenvalue weighted by Crippen LogP contribution is -2.24. The van der Waals surface area contributed by atoms with Crippen molar-refractivity contribution in [1.29, 1.82) is 0 Å². The minimum Gasteiger partial charge on any atom is -0.506 e. The van der Waals surface area contributed by atoms with E-state index in [0.717, 1.165) is 10.9 Å². The van der Waals surface area contributed by atoms with Crippen LogP contribution in [0, 0.1) is 0 Å². The van der Waals surface area contributed by atoms with Gasteiger partial charge in [0, 0.05) is 41.6 Å². The molecule has 4 rings (SSSR count). The van der Waals surface area contributed by atoms with Crippen molar-refractivity contribution >= 4 is 34.1 Å². The lowest BCUT2D eigenvalue weighted by Gasteiger charge is -2.27. The third-order valence-corrected chi connectivity index (χ3v) is 5.08. The maximum Gasteiger partial charge on any atom is 0.225 e. The van der Waals surface area contributed by atoms with Gasteiger partial charge in [0.05, 0.1) is 12.8 Å². The molecule has 0 radical (unpaired) electrons. The smallest absolute Gasteiger partial charge is 0.225 e. The van der Waals surface area contributed by atoms with Gasteiger partial charge in [-0.15, -0.1) is 0 Å². The average Bonchev–Trinajstić information content (AvgIpc) is 2.73. The summed E-state index contributed by atoms with van der Waals surface area (Å²) in [4.78, 5) is 28.9. The third-order valence-electron chi connectivity index (χ3n) is 5.08. The Balaban J connectivity index is 1.84. The second-order valence-corrected chi connectivity index (χ2v) is 6.93. The second kappa shape index (κ2) is 7.43. The topological polar surface area (TPSA) is 101 Å². The van der Waals surface area contributed by atoms with Gasteiger partial charge < -0.3 is 20.5 Å². The van der Waals surface area contributed by atoms with E-state index in [0.29, 0.717) is 34.8 Å². The quantitative estimate of drug-likeness (QED) is 0.629. The molecule has 0 fully saturated rings. The highest BCUT2D eigenvalue weighted by Crippen LogP contribution is 2.42. The van der Waals surface area contributed by atoms with E-state index in [1.54, 1.807) is 25.1 Å². The summed E-state index contributed by atoms with van der Waals surface area (Å²) in [7, 11) is 1.51. The number of nitrogens with one attached hydrogen (secondary N) is 2. The summed E-state index contributed by atoms with van der Waals surface area (Å²) < 4.78 is 5.39. The SMILES string of the molecule is CCC(=O)Nc1cc2c(cc1OC)NC(=O)CC2c1ccc2cccc(O)c2n1. The lowest BCUT2D eigenvalue weighted by molar-refractivity contribution is -0.117. The largest absolute Gasteiger partial charge is 0.506 e. The predicted octanol–water partition coefficient (Wildman–Crippen LogP) is 3.77. The standard InChI is InChI=1S/C22H21N3O4/c1-3-20(27)24-17-9-13-14(10-21(28)23-16(13)11-19(17)29-2)15-8-7-12-5-4-6-18(26)22(12)25-15/h4-9,11,14,26H,3,10H2,1-2H3,(H,23,28)(H,24,27). The molecule has 2 aromatic carbocycles. The van der Waals surface area contributed by atoms with Crippen LogP contribution in [0.5, 0.6) is 11.5 Å². The molecule has 0 bridgehead atoms. The van der Waals surface area contributed by atoms with Crippen molar-refractivity contribution in [1.82, 2.24) is 4.98 Å². The molecular formula is C22H21N3O4. The number of benzene rings is 2. The zero-order valence-electron chi connectivity index (χ0n) is 16.2. The summed E-state index contributed by atoms with van der Waals surface area (Å²) in [5, 5.41) is 16.7. The molecule has 7 heteroatoms. The van der Waals surface area contributed by atoms with Crippen molar-refractivity contribution in [2.45, 2.75) is 25.7 Å². The molecule has 1 unspecified atom stereocenters. The molecule has 1 aromatic heterocycles. The van der Waals surface area contributed by atoms with Gasteiger partial charge in [-0.2, -0.15) is 0 Å². The first-order valence-electron chi connectivity index (χ1n) is 9.40. The van der Waals surface area contributed by atoms with Crippen molar-refractivity contribution in [3.63, 3.8) is 0 Å². The van der Waals surface area contributed by atoms with E-state index in [-0.39, 0.29) is 29.9 Å². The molecule has 29 heavy (non-hydrogen) atoms. The Labute approximate surface area is 167 Å². The van der Waals surface area contributed by atoms with E-state index in [1.807, 2.05) is 24.3 Å². The van der Waals surface area contributed by atoms with Gasteiger partial charge in [0.2, 0.25) is 11.8 Å². The number of nitrogens with zero attached hydrogens (tertiary/aromatic N) is 1. The summed E-state index contributed by atoms with van der Waals surface area (Å²) in [6.45, 7) is 1.77. The van der Waals surface area contributed by atoms with Crippen LogP contribution in [0.3, 0.4) is 0 Å². The van der Waals surface area contributed by atoms with E-state index in [2.05, 4.69) is 15.6 Å². The molecule has 1 atom stereocenters. The van der Waals surface area contributed by atoms with E-state index < -0.39 is 0 Å². The van der Waals surface area contributed by atoms with Crippen molar-refractivity contribution in [2.24, 2.45) is 0 Å². The van der Waals surface area contributed by atoms with Gasteiger partial charge >= 0.3 is 0 Å². The summed E-state index contributed by atoms with van der Waals surface area (Å²) in [6.07, 6.45) is 0.554. The first-order chi connectivity index (χ1) is 14.0. The van der Waals surface area contributed by atoms with Crippen LogP contribution in [0.4, 0.5) is 11.4 Å². The number of fused-ring (bicyclic) bond motifs is 2. The van der Waals surface area contributed by atoms with Gasteiger partial charge in [-0.05, 0) is 23.8 Å². The number of phenols is 1. The Morgan fingerprint density at radius 3 is 2.90 bits per heavy atom. The highest BCUT2D eigenvalue weighted by molar-refractivity contribution is 5.98. The van der Waals surface area contributed by atoms with Crippen molar-refractivity contribution in [3.8, 4) is 11.5 Å². The van der Waals surface area contributed by atoms with Gasteiger partial charge in [-0.1, -0.05) is 25.1 Å². The van der Waals surface area contributed by atoms with Crippen LogP contribution in [0.2, 0.25) is 0 Å². The fraction of sp³-hybridized carbons (Fsp3) is 0.227. The van der Waals surface area contributed by atoms with Crippen LogP contribution in [0.25, 0.3) is 10.9 Å². The Morgan fingerprint density at radius 1 is 1.31 bits per heavy atom. The van der Waals surface area contributed by atoms with Crippen LogP contribution in [0.1, 0.15) is 36.9 Å². The number of anilines is 2. The maximum absolute atomic E-state index is 12.3. The number of aromatic hydroxyl groups is 1. The molecule has 0 saturated carbocycles. The number of rotatable bonds is 4. The number of carbonyl (C=O) groups is 2. The number of carbonyl (C=O) groups excluding carboxylic acids is 2. The zero-order chi connectivity index (χ0) is 20.5. The van der Waals surface area contributed by atoms with Gasteiger partial charge in [0.15, 0.2) is 0 Å². The number of pyridine rings is 1. The van der Waals surface area contributed by atoms with E-state index in [4.69, 9.17) is 4.74 Å². The minimum absolute atomic E-state index is 0.0930. The lowest BCUT2D eigenvalue weighted by atomic mass is 9.86. The molecule has 3 N–H and O–H groups in total. The number of ether oxygens (including phenoxy) is 1. The maximum atomic E-state index is 12.3. The predicted molar refractivity (Wildman–Crippen MR) is 110 cm³/mol. The number of aromatic nitrogens is 1. The fourth-order valence-corrected chi connectivity index (χ4v) is 3.60. The summed E-state index contributed by atoms with van der Waals surface area (Å²) >= 11 is 0. The summed E-state index contributed by atoms with van der Waals surface area (Å²) in [6, 6.07) is 12.5. The van der Waals surface area contributed by atoms with Crippen LogP contribution in [0.15, 0.2) is 42.5 Å². The molecule has 0 spiro atoms. The number of amides is 2. The number of methoxy groups -OCH3 is 1. The van der Waals surface area contributed by atoms with E-state index in [1.165, 1.54) is 7.11 Å². The Bertz CT molecular complexity index is 1130. The van der Waals surface area contributed by atoms with Gasteiger partial charge in [-0.25, -0.2) is 4.98 Å². The highest BCUT2D eigenvalue weighted by Gasteiger charge is 2.29. The number of hydrogen-bond donors (Lipinski definition) is 3. The Kier molecular flexibility index (Phi) is 4.80. The third kappa shape index (κ3) is 3.47. The van der Waals surface area contributed by atoms with Crippen LogP contribution >= 0.6 is 0 Å². The first kappa shape index (κ1) is 18.7. The highest BCUT2D eigenvalue weighted by atomic mass is 16.5. The van der Waals surface area contributed by atoms with Gasteiger partial charge in [-0.3, -0.25) is 9.59 Å². The van der Waals surface area contributed by atoms with Crippen molar-refractivity contribution in [3.05, 3.63) is 53.7 Å². The molecule has 2 amide bonds. The number of hydrogen-bond acceptors (Lipinski definition) is 5. The molecule has 1 aliphatic rings. The minimum atomic E-state index is -0.314. The molecular weight excluding hydrogens is 370 g/mol. The molecule has 7 nitrogen and oxygen atoms in total. The first-order valence-corrected chi connectivity index (χ1v) is 9.40. The molecule has 3 aromatic rings. The van der Waals surface area contributed by atoms with Gasteiger partial charge in [0.1, 0.15) is 17.0 Å². The van der Waals surface area contributed by atoms with E-state index >= 15 is 0 Å². The fourth-order valence-electron chi connectivity index (χ4n) is 3.60. The molecule has 2 heterocycles. The average molecular weight is 391 g/mol. The normalized spacial score (nSPS) is 15.5. The molecule has 0 saturated heterocycles. The van der Waals surface area contributed by atoms with Gasteiger partial charge in [0.25, 0.3) is 0 Å². The number of para-hydroxylation sites is 1. The Morgan fingerprint density at radius 2 is 2.14 bits per heavy atom. The second-order valence-electron chi connectivity index (χ2n) is 6.93. The van der Waals surface area contributed by atoms with Crippen LogP contribution < -0.4 is 15.4 Å². The number of phenolic OH excluding ortho intramolecular Hbond substituents is 1. The Hall–Kier alpha value is -3.61. The van der Waals surface area contributed by atoms with Crippen molar-refractivity contribution < 1.29 is 19.4 Å². The molecule has 0 aliphatic carbocycles. The molecule has 1 aliphatic heterocycles.